The van der Waals surface area contributed by atoms with Crippen LogP contribution in [0.3, 0.4) is 0 Å². The second-order valence-corrected chi connectivity index (χ2v) is 8.78. The molecule has 0 bridgehead atoms. The van der Waals surface area contributed by atoms with Crippen LogP contribution in [0.2, 0.25) is 0 Å². The smallest absolute Gasteiger partial charge is 0.221 e. The van der Waals surface area contributed by atoms with Gasteiger partial charge in [0, 0.05) is 47.8 Å². The van der Waals surface area contributed by atoms with Crippen molar-refractivity contribution in [2.45, 2.75) is 26.7 Å². The molecule has 1 aromatic heterocycles. The van der Waals surface area contributed by atoms with Crippen LogP contribution in [0.5, 0.6) is 0 Å². The van der Waals surface area contributed by atoms with Gasteiger partial charge in [0.2, 0.25) is 11.2 Å². The number of nitrogen functional groups attached to an aromatic ring is 2. The minimum Gasteiger partial charge on any atom is -0.399 e. The predicted molar refractivity (Wildman–Crippen MR) is 132 cm³/mol. The average molecular weight is 415 g/mol. The SMILES string of the molecule is CC[N+](C)(CC)CCCc1c2cc(N)ccc2c2ccc(N)cc2[n+]1-c1ccccc1. The second kappa shape index (κ2) is 8.56. The lowest BCUT2D eigenvalue weighted by Gasteiger charge is -2.32. The summed E-state index contributed by atoms with van der Waals surface area (Å²) < 4.78 is 3.47. The number of benzene rings is 3. The first-order valence-electron chi connectivity index (χ1n) is 11.3. The van der Waals surface area contributed by atoms with Gasteiger partial charge in [-0.3, -0.25) is 0 Å². The Labute approximate surface area is 185 Å². The van der Waals surface area contributed by atoms with Crippen molar-refractivity contribution in [3.63, 3.8) is 0 Å². The van der Waals surface area contributed by atoms with Crippen molar-refractivity contribution in [2.24, 2.45) is 0 Å². The first kappa shape index (κ1) is 21.1. The highest BCUT2D eigenvalue weighted by molar-refractivity contribution is 6.06. The molecule has 0 radical (unpaired) electrons. The number of para-hydroxylation sites is 1. The normalized spacial score (nSPS) is 12.0. The molecule has 0 saturated heterocycles. The molecule has 0 amide bonds. The number of pyridine rings is 1. The highest BCUT2D eigenvalue weighted by Gasteiger charge is 2.25. The fourth-order valence-electron chi connectivity index (χ4n) is 4.55. The molecule has 0 saturated carbocycles. The summed E-state index contributed by atoms with van der Waals surface area (Å²) in [5, 5.41) is 3.65. The summed E-state index contributed by atoms with van der Waals surface area (Å²) in [5.41, 5.74) is 17.7. The van der Waals surface area contributed by atoms with Crippen molar-refractivity contribution >= 4 is 33.1 Å². The van der Waals surface area contributed by atoms with Gasteiger partial charge in [-0.25, -0.2) is 0 Å². The molecule has 4 rings (SSSR count). The maximum absolute atomic E-state index is 6.26. The Hall–Kier alpha value is -3.11. The quantitative estimate of drug-likeness (QED) is 0.196. The van der Waals surface area contributed by atoms with Gasteiger partial charge in [-0.2, -0.15) is 4.57 Å². The highest BCUT2D eigenvalue weighted by atomic mass is 15.3. The zero-order valence-electron chi connectivity index (χ0n) is 18.9. The number of rotatable bonds is 7. The van der Waals surface area contributed by atoms with E-state index in [1.807, 2.05) is 12.1 Å². The van der Waals surface area contributed by atoms with Crippen molar-refractivity contribution in [1.29, 1.82) is 0 Å². The lowest BCUT2D eigenvalue weighted by molar-refractivity contribution is -0.906. The minimum atomic E-state index is 0.777. The van der Waals surface area contributed by atoms with Crippen LogP contribution in [0, 0.1) is 0 Å². The van der Waals surface area contributed by atoms with Gasteiger partial charge in [0.25, 0.3) is 0 Å². The molecule has 4 N–H and O–H groups in total. The molecule has 0 atom stereocenters. The van der Waals surface area contributed by atoms with E-state index in [0.717, 1.165) is 59.5 Å². The number of nitrogens with zero attached hydrogens (tertiary/aromatic N) is 2. The van der Waals surface area contributed by atoms with Crippen molar-refractivity contribution < 1.29 is 9.05 Å². The predicted octanol–water partition coefficient (Wildman–Crippen LogP) is 4.85. The van der Waals surface area contributed by atoms with Crippen LogP contribution in [-0.2, 0) is 6.42 Å². The molecule has 160 valence electrons. The average Bonchev–Trinajstić information content (AvgIpc) is 2.79. The molecule has 4 heteroatoms. The topological polar surface area (TPSA) is 55.9 Å². The molecule has 3 aromatic carbocycles. The lowest BCUT2D eigenvalue weighted by Crippen LogP contribution is -2.45. The van der Waals surface area contributed by atoms with Crippen LogP contribution < -0.4 is 16.0 Å². The first-order chi connectivity index (χ1) is 15.0. The Morgan fingerprint density at radius 1 is 0.774 bits per heavy atom. The summed E-state index contributed by atoms with van der Waals surface area (Å²) in [7, 11) is 2.35. The number of fused-ring (bicyclic) bond motifs is 3. The third-order valence-electron chi connectivity index (χ3n) is 6.83. The summed E-state index contributed by atoms with van der Waals surface area (Å²) >= 11 is 0. The molecular weight excluding hydrogens is 380 g/mol. The molecule has 4 aromatic rings. The van der Waals surface area contributed by atoms with E-state index in [0.29, 0.717) is 0 Å². The monoisotopic (exact) mass is 414 g/mol. The molecule has 4 nitrogen and oxygen atoms in total. The Kier molecular flexibility index (Phi) is 5.84. The number of nitrogens with two attached hydrogens (primary N) is 2. The standard InChI is InChI=1S/C27H33N4/c1-4-31(3,5-2)17-9-12-26-25-18-20(28)13-15-23(25)24-16-14-21(29)19-27(24)30(26)22-10-7-6-8-11-22/h6-8,10-11,13-16,18-19,29H,4-5,9,12,17,28H2,1-3H3/q+1/p+1. The fraction of sp³-hybridized carbons (Fsp3) is 0.296. The Morgan fingerprint density at radius 2 is 1.42 bits per heavy atom. The third-order valence-corrected chi connectivity index (χ3v) is 6.83. The van der Waals surface area contributed by atoms with E-state index in [4.69, 9.17) is 11.5 Å². The number of aromatic nitrogens is 1. The molecule has 0 aliphatic carbocycles. The zero-order valence-corrected chi connectivity index (χ0v) is 18.9. The van der Waals surface area contributed by atoms with Crippen LogP contribution in [0.1, 0.15) is 26.0 Å². The van der Waals surface area contributed by atoms with Crippen molar-refractivity contribution in [1.82, 2.24) is 0 Å². The van der Waals surface area contributed by atoms with Gasteiger partial charge in [-0.15, -0.1) is 0 Å². The number of hydrogen-bond donors (Lipinski definition) is 2. The first-order valence-corrected chi connectivity index (χ1v) is 11.3. The summed E-state index contributed by atoms with van der Waals surface area (Å²) in [6.07, 6.45) is 2.09. The van der Waals surface area contributed by atoms with Gasteiger partial charge in [-0.05, 0) is 38.1 Å². The molecular formula is C27H34N4+2. The van der Waals surface area contributed by atoms with Crippen molar-refractivity contribution in [3.8, 4) is 5.69 Å². The lowest BCUT2D eigenvalue weighted by atomic mass is 9.99. The largest absolute Gasteiger partial charge is 0.399 e. The van der Waals surface area contributed by atoms with Gasteiger partial charge < -0.3 is 16.0 Å². The maximum Gasteiger partial charge on any atom is 0.221 e. The minimum absolute atomic E-state index is 0.777. The highest BCUT2D eigenvalue weighted by Crippen LogP contribution is 2.30. The molecule has 0 unspecified atom stereocenters. The second-order valence-electron chi connectivity index (χ2n) is 8.78. The molecule has 0 spiro atoms. The van der Waals surface area contributed by atoms with E-state index in [9.17, 15) is 0 Å². The Balaban J connectivity index is 1.97. The van der Waals surface area contributed by atoms with E-state index in [1.54, 1.807) is 0 Å². The Morgan fingerprint density at radius 3 is 2.10 bits per heavy atom. The summed E-state index contributed by atoms with van der Waals surface area (Å²) in [6, 6.07) is 23.1. The molecule has 0 fully saturated rings. The molecule has 31 heavy (non-hydrogen) atoms. The van der Waals surface area contributed by atoms with Gasteiger partial charge in [-0.1, -0.05) is 24.3 Å². The number of hydrogen-bond acceptors (Lipinski definition) is 2. The van der Waals surface area contributed by atoms with Crippen LogP contribution in [0.25, 0.3) is 27.4 Å². The van der Waals surface area contributed by atoms with Crippen LogP contribution in [0.4, 0.5) is 11.4 Å². The van der Waals surface area contributed by atoms with E-state index >= 15 is 0 Å². The van der Waals surface area contributed by atoms with Gasteiger partial charge in [0.1, 0.15) is 0 Å². The molecule has 1 heterocycles. The van der Waals surface area contributed by atoms with Gasteiger partial charge in [0.15, 0.2) is 5.69 Å². The van der Waals surface area contributed by atoms with E-state index in [2.05, 4.69) is 80.1 Å². The molecule has 0 aliphatic rings. The number of aryl methyl sites for hydroxylation is 1. The van der Waals surface area contributed by atoms with Gasteiger partial charge in [0.05, 0.1) is 37.5 Å². The number of anilines is 2. The number of quaternary nitrogens is 1. The Bertz CT molecular complexity index is 1210. The van der Waals surface area contributed by atoms with Crippen LogP contribution in [-0.4, -0.2) is 31.2 Å². The van der Waals surface area contributed by atoms with Crippen LogP contribution in [0.15, 0.2) is 66.7 Å². The summed E-state index contributed by atoms with van der Waals surface area (Å²) in [6.45, 7) is 8.01. The maximum atomic E-state index is 6.26. The van der Waals surface area contributed by atoms with Crippen LogP contribution >= 0.6 is 0 Å². The third kappa shape index (κ3) is 4.08. The van der Waals surface area contributed by atoms with E-state index in [1.165, 1.54) is 21.9 Å². The molecule has 0 aliphatic heterocycles. The van der Waals surface area contributed by atoms with E-state index in [-0.39, 0.29) is 0 Å². The van der Waals surface area contributed by atoms with Crippen molar-refractivity contribution in [3.05, 3.63) is 72.4 Å². The van der Waals surface area contributed by atoms with Gasteiger partial charge >= 0.3 is 0 Å². The summed E-state index contributed by atoms with van der Waals surface area (Å²) in [5.74, 6) is 0. The van der Waals surface area contributed by atoms with Crippen molar-refractivity contribution in [2.75, 3.05) is 38.1 Å². The summed E-state index contributed by atoms with van der Waals surface area (Å²) in [4.78, 5) is 0. The fourth-order valence-corrected chi connectivity index (χ4v) is 4.55. The zero-order chi connectivity index (χ0) is 22.0. The van der Waals surface area contributed by atoms with E-state index < -0.39 is 0 Å².